The van der Waals surface area contributed by atoms with Gasteiger partial charge in [0.25, 0.3) is 0 Å². The number of carbonyl (C=O) groups excluding carboxylic acids is 2. The van der Waals surface area contributed by atoms with E-state index in [-0.39, 0.29) is 67.6 Å². The van der Waals surface area contributed by atoms with E-state index in [1.807, 2.05) is 0 Å². The number of rotatable bonds is 12. The standard InChI is InChI=1S/C25H27F4NO6/c1-14(31)30-5-7-34-23(32)4-3-6-35-25-21(27)8-15(9-22(25)28)19-12-18(13-20(26)24(19)29)36-17-10-16(11-17)33-2/h8-9,12-13,16-17H,3-7,10-11H2,1-2H3,(H,30,31). The molecule has 7 nitrogen and oxygen atoms in total. The van der Waals surface area contributed by atoms with Crippen molar-refractivity contribution in [2.24, 2.45) is 0 Å². The van der Waals surface area contributed by atoms with Gasteiger partial charge in [-0.1, -0.05) is 0 Å². The number of hydrogen-bond donors (Lipinski definition) is 1. The van der Waals surface area contributed by atoms with Crippen LogP contribution in [-0.4, -0.2) is 51.0 Å². The van der Waals surface area contributed by atoms with Gasteiger partial charge in [0.15, 0.2) is 29.0 Å². The summed E-state index contributed by atoms with van der Waals surface area (Å²) in [6, 6.07) is 3.74. The third kappa shape index (κ3) is 7.33. The monoisotopic (exact) mass is 513 g/mol. The Morgan fingerprint density at radius 2 is 1.67 bits per heavy atom. The lowest BCUT2D eigenvalue weighted by Crippen LogP contribution is -2.38. The van der Waals surface area contributed by atoms with E-state index in [1.54, 1.807) is 7.11 Å². The van der Waals surface area contributed by atoms with Gasteiger partial charge >= 0.3 is 5.97 Å². The van der Waals surface area contributed by atoms with Gasteiger partial charge in [0.1, 0.15) is 18.5 Å². The average Bonchev–Trinajstić information content (AvgIpc) is 2.79. The molecule has 0 saturated heterocycles. The molecule has 196 valence electrons. The summed E-state index contributed by atoms with van der Waals surface area (Å²) >= 11 is 0. The zero-order valence-corrected chi connectivity index (χ0v) is 19.9. The number of nitrogens with one attached hydrogen (secondary N) is 1. The Kier molecular flexibility index (Phi) is 9.51. The molecule has 0 spiro atoms. The quantitative estimate of drug-likeness (QED) is 0.259. The fourth-order valence-corrected chi connectivity index (χ4v) is 3.55. The molecular formula is C25H27F4NO6. The van der Waals surface area contributed by atoms with Gasteiger partial charge in [-0.3, -0.25) is 9.59 Å². The summed E-state index contributed by atoms with van der Waals surface area (Å²) in [6.45, 7) is 1.32. The van der Waals surface area contributed by atoms with Gasteiger partial charge in [-0.05, 0) is 30.2 Å². The van der Waals surface area contributed by atoms with Crippen LogP contribution in [0.5, 0.6) is 11.5 Å². The second-order valence-electron chi connectivity index (χ2n) is 8.26. The smallest absolute Gasteiger partial charge is 0.305 e. The first-order valence-corrected chi connectivity index (χ1v) is 11.4. The molecule has 11 heteroatoms. The number of ether oxygens (including phenoxy) is 4. The number of hydrogen-bond acceptors (Lipinski definition) is 6. The molecular weight excluding hydrogens is 486 g/mol. The average molecular weight is 513 g/mol. The number of carbonyl (C=O) groups is 2. The number of halogens is 4. The van der Waals surface area contributed by atoms with E-state index in [0.29, 0.717) is 12.8 Å². The van der Waals surface area contributed by atoms with Crippen molar-refractivity contribution < 1.29 is 46.1 Å². The fraction of sp³-hybridized carbons (Fsp3) is 0.440. The summed E-state index contributed by atoms with van der Waals surface area (Å²) in [6.07, 6.45) is 1.04. The summed E-state index contributed by atoms with van der Waals surface area (Å²) < 4.78 is 78.6. The van der Waals surface area contributed by atoms with Crippen LogP contribution in [0.1, 0.15) is 32.6 Å². The minimum atomic E-state index is -1.27. The van der Waals surface area contributed by atoms with Gasteiger partial charge in [-0.15, -0.1) is 0 Å². The van der Waals surface area contributed by atoms with Gasteiger partial charge in [-0.2, -0.15) is 0 Å². The minimum Gasteiger partial charge on any atom is -0.490 e. The van der Waals surface area contributed by atoms with Crippen LogP contribution in [0.3, 0.4) is 0 Å². The molecule has 36 heavy (non-hydrogen) atoms. The van der Waals surface area contributed by atoms with Crippen LogP contribution >= 0.6 is 0 Å². The molecule has 0 aromatic heterocycles. The van der Waals surface area contributed by atoms with Gasteiger partial charge in [0, 0.05) is 44.9 Å². The second kappa shape index (κ2) is 12.6. The molecule has 1 aliphatic carbocycles. The molecule has 0 heterocycles. The lowest BCUT2D eigenvalue weighted by molar-refractivity contribution is -0.144. The predicted molar refractivity (Wildman–Crippen MR) is 121 cm³/mol. The number of esters is 1. The Labute approximate surface area is 205 Å². The maximum absolute atomic E-state index is 14.6. The molecule has 2 aromatic carbocycles. The van der Waals surface area contributed by atoms with E-state index in [4.69, 9.17) is 18.9 Å². The first-order chi connectivity index (χ1) is 17.2. The zero-order chi connectivity index (χ0) is 26.2. The Hall–Kier alpha value is -3.34. The molecule has 0 bridgehead atoms. The molecule has 0 radical (unpaired) electrons. The molecule has 0 atom stereocenters. The Bertz CT molecular complexity index is 1070. The van der Waals surface area contributed by atoms with E-state index < -0.39 is 35.0 Å². The van der Waals surface area contributed by atoms with Crippen LogP contribution in [0.25, 0.3) is 11.1 Å². The highest BCUT2D eigenvalue weighted by atomic mass is 19.2. The fourth-order valence-electron chi connectivity index (χ4n) is 3.55. The lowest BCUT2D eigenvalue weighted by Gasteiger charge is -2.34. The molecule has 1 saturated carbocycles. The molecule has 2 aromatic rings. The number of methoxy groups -OCH3 is 1. The third-order valence-corrected chi connectivity index (χ3v) is 5.51. The number of amides is 1. The molecule has 1 fully saturated rings. The van der Waals surface area contributed by atoms with Crippen LogP contribution in [0.4, 0.5) is 17.6 Å². The SMILES string of the molecule is COC1CC(Oc2cc(F)c(F)c(-c3cc(F)c(OCCCC(=O)OCCNC(C)=O)c(F)c3)c2)C1. The Balaban J connectivity index is 1.59. The normalized spacial score (nSPS) is 16.7. The molecule has 1 aliphatic rings. The lowest BCUT2D eigenvalue weighted by atomic mass is 9.92. The maximum atomic E-state index is 14.6. The molecule has 3 rings (SSSR count). The maximum Gasteiger partial charge on any atom is 0.305 e. The highest BCUT2D eigenvalue weighted by Gasteiger charge is 2.31. The van der Waals surface area contributed by atoms with Crippen molar-refractivity contribution in [1.29, 1.82) is 0 Å². The van der Waals surface area contributed by atoms with Crippen molar-refractivity contribution in [3.63, 3.8) is 0 Å². The van der Waals surface area contributed by atoms with Crippen molar-refractivity contribution >= 4 is 11.9 Å². The van der Waals surface area contributed by atoms with Crippen molar-refractivity contribution in [1.82, 2.24) is 5.32 Å². The highest BCUT2D eigenvalue weighted by molar-refractivity contribution is 5.73. The first-order valence-electron chi connectivity index (χ1n) is 11.4. The minimum absolute atomic E-state index is 0.00170. The van der Waals surface area contributed by atoms with E-state index in [1.165, 1.54) is 13.0 Å². The largest absolute Gasteiger partial charge is 0.490 e. The predicted octanol–water partition coefficient (Wildman–Crippen LogP) is 4.30. The van der Waals surface area contributed by atoms with Gasteiger partial charge < -0.3 is 24.3 Å². The number of benzene rings is 2. The van der Waals surface area contributed by atoms with Crippen LogP contribution < -0.4 is 14.8 Å². The zero-order valence-electron chi connectivity index (χ0n) is 19.9. The van der Waals surface area contributed by atoms with E-state index >= 15 is 0 Å². The van der Waals surface area contributed by atoms with Gasteiger partial charge in [-0.25, -0.2) is 17.6 Å². The summed E-state index contributed by atoms with van der Waals surface area (Å²) in [4.78, 5) is 22.4. The first kappa shape index (κ1) is 27.3. The van der Waals surface area contributed by atoms with Crippen molar-refractivity contribution in [2.45, 2.75) is 44.8 Å². The summed E-state index contributed by atoms with van der Waals surface area (Å²) in [7, 11) is 1.57. The van der Waals surface area contributed by atoms with Gasteiger partial charge in [0.2, 0.25) is 5.91 Å². The van der Waals surface area contributed by atoms with E-state index in [9.17, 15) is 27.2 Å². The van der Waals surface area contributed by atoms with E-state index in [2.05, 4.69) is 5.32 Å². The molecule has 1 amide bonds. The Morgan fingerprint density at radius 1 is 0.972 bits per heavy atom. The second-order valence-corrected chi connectivity index (χ2v) is 8.26. The Morgan fingerprint density at radius 3 is 2.31 bits per heavy atom. The topological polar surface area (TPSA) is 83.1 Å². The highest BCUT2D eigenvalue weighted by Crippen LogP contribution is 2.35. The van der Waals surface area contributed by atoms with Crippen molar-refractivity contribution in [3.8, 4) is 22.6 Å². The van der Waals surface area contributed by atoms with Crippen LogP contribution in [0, 0.1) is 23.3 Å². The van der Waals surface area contributed by atoms with E-state index in [0.717, 1.165) is 18.2 Å². The van der Waals surface area contributed by atoms with Gasteiger partial charge in [0.05, 0.1) is 19.3 Å². The van der Waals surface area contributed by atoms with Crippen LogP contribution in [-0.2, 0) is 19.1 Å². The van der Waals surface area contributed by atoms with Crippen molar-refractivity contribution in [2.75, 3.05) is 26.9 Å². The van der Waals surface area contributed by atoms with Crippen LogP contribution in [0.15, 0.2) is 24.3 Å². The third-order valence-electron chi connectivity index (χ3n) is 5.51. The molecule has 0 unspecified atom stereocenters. The molecule has 1 N–H and O–H groups in total. The van der Waals surface area contributed by atoms with Crippen LogP contribution in [0.2, 0.25) is 0 Å². The summed E-state index contributed by atoms with van der Waals surface area (Å²) in [5.74, 6) is -6.19. The summed E-state index contributed by atoms with van der Waals surface area (Å²) in [5.41, 5.74) is -0.593. The molecule has 0 aliphatic heterocycles. The summed E-state index contributed by atoms with van der Waals surface area (Å²) in [5, 5.41) is 2.47. The van der Waals surface area contributed by atoms with Crippen molar-refractivity contribution in [3.05, 3.63) is 47.5 Å².